The average molecular weight is 345 g/mol. The van der Waals surface area contributed by atoms with Gasteiger partial charge < -0.3 is 10.4 Å². The Kier molecular flexibility index (Phi) is 6.10. The van der Waals surface area contributed by atoms with Crippen molar-refractivity contribution in [3.63, 3.8) is 0 Å². The number of hydrogen-bond donors (Lipinski definition) is 2. The molecule has 1 amide bonds. The maximum atomic E-state index is 11.6. The van der Waals surface area contributed by atoms with Gasteiger partial charge in [0.1, 0.15) is 0 Å². The van der Waals surface area contributed by atoms with Gasteiger partial charge in [-0.3, -0.25) is 19.7 Å². The number of nitrogens with one attached hydrogen (secondary N) is 1. The zero-order valence-corrected chi connectivity index (χ0v) is 12.1. The van der Waals surface area contributed by atoms with Crippen LogP contribution in [0.25, 0.3) is 0 Å². The molecule has 7 nitrogen and oxygen atoms in total. The number of non-ortho nitro benzene ring substituents is 1. The molecule has 1 rings (SSSR count). The second kappa shape index (κ2) is 7.59. The van der Waals surface area contributed by atoms with E-state index in [0.717, 1.165) is 0 Å². The summed E-state index contributed by atoms with van der Waals surface area (Å²) in [7, 11) is 0. The Hall–Kier alpha value is -1.96. The van der Waals surface area contributed by atoms with Gasteiger partial charge in [-0.25, -0.2) is 0 Å². The van der Waals surface area contributed by atoms with E-state index in [4.69, 9.17) is 5.11 Å². The molecule has 0 atom stereocenters. The molecular weight excluding hydrogens is 332 g/mol. The first-order chi connectivity index (χ1) is 9.40. The summed E-state index contributed by atoms with van der Waals surface area (Å²) in [5.41, 5.74) is 0.578. The van der Waals surface area contributed by atoms with Gasteiger partial charge in [0.2, 0.25) is 5.91 Å². The summed E-state index contributed by atoms with van der Waals surface area (Å²) in [5.74, 6) is -1.16. The van der Waals surface area contributed by atoms with Crippen molar-refractivity contribution in [2.45, 2.75) is 19.3 Å². The molecule has 1 aromatic rings. The number of nitrogens with zero attached hydrogens (tertiary/aromatic N) is 1. The molecule has 0 radical (unpaired) electrons. The lowest BCUT2D eigenvalue weighted by atomic mass is 10.1. The van der Waals surface area contributed by atoms with E-state index in [0.29, 0.717) is 16.5 Å². The number of carboxylic acid groups (broad SMARTS) is 1. The maximum absolute atomic E-state index is 11.6. The largest absolute Gasteiger partial charge is 0.481 e. The summed E-state index contributed by atoms with van der Waals surface area (Å²) < 4.78 is 0.493. The van der Waals surface area contributed by atoms with E-state index >= 15 is 0 Å². The molecule has 20 heavy (non-hydrogen) atoms. The molecular formula is C12H13BrN2O5. The molecule has 0 bridgehead atoms. The number of carbonyl (C=O) groups excluding carboxylic acids is 1. The number of amides is 1. The predicted octanol–water partition coefficient (Wildman–Crippen LogP) is 1.88. The first kappa shape index (κ1) is 16.1. The van der Waals surface area contributed by atoms with Crippen LogP contribution in [-0.2, 0) is 16.0 Å². The van der Waals surface area contributed by atoms with E-state index < -0.39 is 10.9 Å². The minimum absolute atomic E-state index is 0.00149. The average Bonchev–Trinajstić information content (AvgIpc) is 2.36. The van der Waals surface area contributed by atoms with Crippen molar-refractivity contribution in [3.8, 4) is 0 Å². The Balaban J connectivity index is 2.50. The van der Waals surface area contributed by atoms with Gasteiger partial charge in [-0.1, -0.05) is 22.0 Å². The minimum atomic E-state index is -0.905. The Morgan fingerprint density at radius 3 is 2.65 bits per heavy atom. The molecule has 2 N–H and O–H groups in total. The number of aliphatic carboxylic acids is 1. The molecule has 8 heteroatoms. The number of carbonyl (C=O) groups is 2. The standard InChI is InChI=1S/C12H13BrN2O5/c13-10-7-9(15(19)20)4-3-8(10)6-11(16)14-5-1-2-12(17)18/h3-4,7H,1-2,5-6H2,(H,14,16)(H,17,18). The van der Waals surface area contributed by atoms with Crippen LogP contribution in [0.3, 0.4) is 0 Å². The van der Waals surface area contributed by atoms with Crippen molar-refractivity contribution in [1.82, 2.24) is 5.32 Å². The molecule has 0 aliphatic carbocycles. The fraction of sp³-hybridized carbons (Fsp3) is 0.333. The van der Waals surface area contributed by atoms with Gasteiger partial charge in [0, 0.05) is 29.6 Å². The van der Waals surface area contributed by atoms with Gasteiger partial charge >= 0.3 is 5.97 Å². The van der Waals surface area contributed by atoms with Crippen molar-refractivity contribution in [2.24, 2.45) is 0 Å². The zero-order chi connectivity index (χ0) is 15.1. The highest BCUT2D eigenvalue weighted by atomic mass is 79.9. The van der Waals surface area contributed by atoms with Crippen molar-refractivity contribution < 1.29 is 19.6 Å². The van der Waals surface area contributed by atoms with Crippen molar-refractivity contribution in [3.05, 3.63) is 38.3 Å². The number of benzene rings is 1. The van der Waals surface area contributed by atoms with Crippen LogP contribution in [0, 0.1) is 10.1 Å². The molecule has 0 fully saturated rings. The number of nitro benzene ring substituents is 1. The van der Waals surface area contributed by atoms with Gasteiger partial charge in [0.15, 0.2) is 0 Å². The monoisotopic (exact) mass is 344 g/mol. The molecule has 1 aromatic carbocycles. The Labute approximate surface area is 123 Å². The van der Waals surface area contributed by atoms with E-state index in [2.05, 4.69) is 21.2 Å². The lowest BCUT2D eigenvalue weighted by molar-refractivity contribution is -0.384. The number of hydrogen-bond acceptors (Lipinski definition) is 4. The maximum Gasteiger partial charge on any atom is 0.303 e. The van der Waals surface area contributed by atoms with Crippen molar-refractivity contribution in [2.75, 3.05) is 6.54 Å². The van der Waals surface area contributed by atoms with Crippen LogP contribution in [0.5, 0.6) is 0 Å². The van der Waals surface area contributed by atoms with Gasteiger partial charge in [-0.15, -0.1) is 0 Å². The molecule has 0 saturated carbocycles. The smallest absolute Gasteiger partial charge is 0.303 e. The number of rotatable bonds is 7. The summed E-state index contributed by atoms with van der Waals surface area (Å²) in [6.07, 6.45) is 0.440. The first-order valence-electron chi connectivity index (χ1n) is 5.81. The van der Waals surface area contributed by atoms with Crippen LogP contribution in [0.1, 0.15) is 18.4 Å². The number of halogens is 1. The number of carboxylic acids is 1. The molecule has 0 aliphatic rings. The SMILES string of the molecule is O=C(O)CCCNC(=O)Cc1ccc([N+](=O)[O-])cc1Br. The Bertz CT molecular complexity index is 533. The normalized spacial score (nSPS) is 10.1. The highest BCUT2D eigenvalue weighted by molar-refractivity contribution is 9.10. The fourth-order valence-corrected chi connectivity index (χ4v) is 2.00. The quantitative estimate of drug-likeness (QED) is 0.445. The second-order valence-corrected chi connectivity index (χ2v) is 4.91. The van der Waals surface area contributed by atoms with Crippen LogP contribution >= 0.6 is 15.9 Å². The molecule has 0 spiro atoms. The van der Waals surface area contributed by atoms with Gasteiger partial charge in [-0.2, -0.15) is 0 Å². The van der Waals surface area contributed by atoms with Crippen LogP contribution in [-0.4, -0.2) is 28.5 Å². The third-order valence-corrected chi connectivity index (χ3v) is 3.23. The number of nitro groups is 1. The zero-order valence-electron chi connectivity index (χ0n) is 10.5. The molecule has 0 unspecified atom stereocenters. The molecule has 108 valence electrons. The van der Waals surface area contributed by atoms with Crippen LogP contribution < -0.4 is 5.32 Å². The van der Waals surface area contributed by atoms with E-state index in [1.807, 2.05) is 0 Å². The highest BCUT2D eigenvalue weighted by Gasteiger charge is 2.11. The van der Waals surface area contributed by atoms with E-state index in [1.54, 1.807) is 0 Å². The predicted molar refractivity (Wildman–Crippen MR) is 74.4 cm³/mol. The van der Waals surface area contributed by atoms with Crippen LogP contribution in [0.4, 0.5) is 5.69 Å². The third kappa shape index (κ3) is 5.35. The third-order valence-electron chi connectivity index (χ3n) is 2.49. The van der Waals surface area contributed by atoms with E-state index in [1.165, 1.54) is 18.2 Å². The lowest BCUT2D eigenvalue weighted by Gasteiger charge is -2.06. The first-order valence-corrected chi connectivity index (χ1v) is 6.60. The lowest BCUT2D eigenvalue weighted by Crippen LogP contribution is -2.26. The van der Waals surface area contributed by atoms with Gasteiger partial charge in [0.25, 0.3) is 5.69 Å². The van der Waals surface area contributed by atoms with Crippen LogP contribution in [0.2, 0.25) is 0 Å². The van der Waals surface area contributed by atoms with E-state index in [9.17, 15) is 19.7 Å². The Morgan fingerprint density at radius 1 is 1.40 bits per heavy atom. The summed E-state index contributed by atoms with van der Waals surface area (Å²) in [4.78, 5) is 32.0. The van der Waals surface area contributed by atoms with Gasteiger partial charge in [-0.05, 0) is 12.0 Å². The summed E-state index contributed by atoms with van der Waals surface area (Å²) in [5, 5.41) is 21.6. The molecule has 0 saturated heterocycles. The topological polar surface area (TPSA) is 110 Å². The molecule has 0 heterocycles. The summed E-state index contributed by atoms with van der Waals surface area (Å²) >= 11 is 3.18. The highest BCUT2D eigenvalue weighted by Crippen LogP contribution is 2.23. The van der Waals surface area contributed by atoms with Crippen LogP contribution in [0.15, 0.2) is 22.7 Å². The summed E-state index contributed by atoms with van der Waals surface area (Å²) in [6, 6.07) is 4.18. The molecule has 0 aromatic heterocycles. The fourth-order valence-electron chi connectivity index (χ4n) is 1.50. The van der Waals surface area contributed by atoms with Crippen molar-refractivity contribution >= 4 is 33.5 Å². The minimum Gasteiger partial charge on any atom is -0.481 e. The second-order valence-electron chi connectivity index (χ2n) is 4.06. The van der Waals surface area contributed by atoms with E-state index in [-0.39, 0.29) is 31.0 Å². The summed E-state index contributed by atoms with van der Waals surface area (Å²) in [6.45, 7) is 0.287. The van der Waals surface area contributed by atoms with Crippen molar-refractivity contribution in [1.29, 1.82) is 0 Å². The Morgan fingerprint density at radius 2 is 2.10 bits per heavy atom. The molecule has 0 aliphatic heterocycles. The van der Waals surface area contributed by atoms with Gasteiger partial charge in [0.05, 0.1) is 11.3 Å².